The molecule has 0 radical (unpaired) electrons. The standard InChI is InChI=1S/C24H23ClFN5O2/c1-5-16(32)10-15-8-13(2)6-7-20(15)29-22-18(25)12-28-24(31-22)30-21-11-17(23(33)27-4)19(26)9-14(21)3/h5-9,11-12H,1,10H2,2-4H3,(H,27,33)(H2,28,29,30,31). The van der Waals surface area contributed by atoms with E-state index in [4.69, 9.17) is 11.6 Å². The number of nitrogens with zero attached hydrogens (tertiary/aromatic N) is 2. The van der Waals surface area contributed by atoms with E-state index in [2.05, 4.69) is 32.5 Å². The number of aryl methyl sites for hydroxylation is 2. The van der Waals surface area contributed by atoms with Crippen molar-refractivity contribution in [1.82, 2.24) is 15.3 Å². The molecule has 0 aliphatic rings. The Bertz CT molecular complexity index is 1250. The summed E-state index contributed by atoms with van der Waals surface area (Å²) in [7, 11) is 1.43. The number of carbonyl (C=O) groups excluding carboxylic acids is 2. The van der Waals surface area contributed by atoms with E-state index in [-0.39, 0.29) is 28.7 Å². The van der Waals surface area contributed by atoms with Crippen molar-refractivity contribution in [3.05, 3.63) is 82.3 Å². The van der Waals surface area contributed by atoms with Crippen molar-refractivity contribution in [3.8, 4) is 0 Å². The van der Waals surface area contributed by atoms with Crippen LogP contribution >= 0.6 is 11.6 Å². The highest BCUT2D eigenvalue weighted by atomic mass is 35.5. The van der Waals surface area contributed by atoms with Crippen LogP contribution in [-0.2, 0) is 11.2 Å². The van der Waals surface area contributed by atoms with Gasteiger partial charge < -0.3 is 16.0 Å². The first kappa shape index (κ1) is 23.9. The van der Waals surface area contributed by atoms with Crippen molar-refractivity contribution in [1.29, 1.82) is 0 Å². The predicted octanol–water partition coefficient (Wildman–Crippen LogP) is 5.03. The molecular formula is C24H23ClFN5O2. The fourth-order valence-corrected chi connectivity index (χ4v) is 3.27. The number of anilines is 4. The number of rotatable bonds is 8. The van der Waals surface area contributed by atoms with Crippen molar-refractivity contribution >= 4 is 46.4 Å². The second-order valence-corrected chi connectivity index (χ2v) is 7.78. The largest absolute Gasteiger partial charge is 0.355 e. The van der Waals surface area contributed by atoms with Gasteiger partial charge in [-0.25, -0.2) is 9.37 Å². The molecule has 1 aromatic heterocycles. The zero-order valence-corrected chi connectivity index (χ0v) is 19.2. The molecule has 0 atom stereocenters. The molecule has 0 aliphatic carbocycles. The fourth-order valence-electron chi connectivity index (χ4n) is 3.13. The average Bonchev–Trinajstić information content (AvgIpc) is 2.78. The van der Waals surface area contributed by atoms with Gasteiger partial charge in [-0.3, -0.25) is 9.59 Å². The Labute approximate surface area is 196 Å². The van der Waals surface area contributed by atoms with Gasteiger partial charge in [0.25, 0.3) is 5.91 Å². The molecule has 0 spiro atoms. The van der Waals surface area contributed by atoms with Gasteiger partial charge >= 0.3 is 0 Å². The van der Waals surface area contributed by atoms with Gasteiger partial charge in [0, 0.05) is 24.8 Å². The third-order valence-corrected chi connectivity index (χ3v) is 5.16. The van der Waals surface area contributed by atoms with Crippen molar-refractivity contribution < 1.29 is 14.0 Å². The van der Waals surface area contributed by atoms with Gasteiger partial charge in [0.2, 0.25) is 5.95 Å². The molecule has 0 fully saturated rings. The second kappa shape index (κ2) is 10.2. The topological polar surface area (TPSA) is 96.0 Å². The first-order valence-electron chi connectivity index (χ1n) is 10.1. The molecule has 1 heterocycles. The highest BCUT2D eigenvalue weighted by Crippen LogP contribution is 2.29. The summed E-state index contributed by atoms with van der Waals surface area (Å²) in [6.07, 6.45) is 2.88. The summed E-state index contributed by atoms with van der Waals surface area (Å²) in [5.41, 5.74) is 3.38. The number of allylic oxidation sites excluding steroid dienone is 1. The van der Waals surface area contributed by atoms with Crippen LogP contribution in [-0.4, -0.2) is 28.7 Å². The van der Waals surface area contributed by atoms with Crippen LogP contribution in [0.1, 0.15) is 27.0 Å². The van der Waals surface area contributed by atoms with Crippen LogP contribution in [0.15, 0.2) is 49.2 Å². The van der Waals surface area contributed by atoms with Crippen LogP contribution in [0.5, 0.6) is 0 Å². The summed E-state index contributed by atoms with van der Waals surface area (Å²) in [5, 5.41) is 8.83. The monoisotopic (exact) mass is 467 g/mol. The van der Waals surface area contributed by atoms with Gasteiger partial charge in [0.1, 0.15) is 10.8 Å². The summed E-state index contributed by atoms with van der Waals surface area (Å²) < 4.78 is 14.2. The number of halogens is 2. The van der Waals surface area contributed by atoms with Crippen molar-refractivity contribution in [2.24, 2.45) is 0 Å². The Hall–Kier alpha value is -3.78. The molecule has 3 N–H and O–H groups in total. The molecule has 0 unspecified atom stereocenters. The lowest BCUT2D eigenvalue weighted by Crippen LogP contribution is -2.19. The lowest BCUT2D eigenvalue weighted by atomic mass is 10.0. The first-order chi connectivity index (χ1) is 15.7. The molecule has 0 aliphatic heterocycles. The fraction of sp³-hybridized carbons (Fsp3) is 0.167. The van der Waals surface area contributed by atoms with Gasteiger partial charge in [-0.1, -0.05) is 35.9 Å². The Kier molecular flexibility index (Phi) is 7.40. The molecule has 3 rings (SSSR count). The lowest BCUT2D eigenvalue weighted by Gasteiger charge is -2.15. The van der Waals surface area contributed by atoms with E-state index in [1.807, 2.05) is 25.1 Å². The minimum absolute atomic E-state index is 0.103. The van der Waals surface area contributed by atoms with Crippen molar-refractivity contribution in [2.75, 3.05) is 17.7 Å². The molecule has 1 amide bonds. The van der Waals surface area contributed by atoms with Gasteiger partial charge in [0.15, 0.2) is 11.6 Å². The number of hydrogen-bond acceptors (Lipinski definition) is 6. The van der Waals surface area contributed by atoms with E-state index >= 15 is 0 Å². The SMILES string of the molecule is C=CC(=O)Cc1cc(C)ccc1Nc1nc(Nc2cc(C(=O)NC)c(F)cc2C)ncc1Cl. The molecular weight excluding hydrogens is 445 g/mol. The molecule has 33 heavy (non-hydrogen) atoms. The van der Waals surface area contributed by atoms with Crippen LogP contribution in [0.2, 0.25) is 5.02 Å². The summed E-state index contributed by atoms with van der Waals surface area (Å²) in [6.45, 7) is 7.16. The quantitative estimate of drug-likeness (QED) is 0.402. The zero-order chi connectivity index (χ0) is 24.1. The normalized spacial score (nSPS) is 10.5. The van der Waals surface area contributed by atoms with Crippen molar-refractivity contribution in [2.45, 2.75) is 20.3 Å². The van der Waals surface area contributed by atoms with Gasteiger partial charge in [-0.05, 0) is 49.2 Å². The van der Waals surface area contributed by atoms with E-state index in [1.54, 1.807) is 6.92 Å². The maximum Gasteiger partial charge on any atom is 0.254 e. The number of hydrogen-bond donors (Lipinski definition) is 3. The number of benzene rings is 2. The Morgan fingerprint density at radius 1 is 1.15 bits per heavy atom. The first-order valence-corrected chi connectivity index (χ1v) is 10.4. The molecule has 0 saturated heterocycles. The summed E-state index contributed by atoms with van der Waals surface area (Å²) >= 11 is 6.30. The number of carbonyl (C=O) groups is 2. The minimum Gasteiger partial charge on any atom is -0.355 e. The van der Waals surface area contributed by atoms with Crippen LogP contribution in [0.4, 0.5) is 27.5 Å². The van der Waals surface area contributed by atoms with Crippen LogP contribution in [0, 0.1) is 19.7 Å². The zero-order valence-electron chi connectivity index (χ0n) is 18.4. The van der Waals surface area contributed by atoms with Crippen molar-refractivity contribution in [3.63, 3.8) is 0 Å². The van der Waals surface area contributed by atoms with Crippen LogP contribution in [0.25, 0.3) is 0 Å². The summed E-state index contributed by atoms with van der Waals surface area (Å²) in [4.78, 5) is 32.4. The lowest BCUT2D eigenvalue weighted by molar-refractivity contribution is -0.114. The maximum atomic E-state index is 14.2. The average molecular weight is 468 g/mol. The third-order valence-electron chi connectivity index (χ3n) is 4.88. The molecule has 3 aromatic rings. The number of ketones is 1. The maximum absolute atomic E-state index is 14.2. The van der Waals surface area contributed by atoms with E-state index in [0.717, 1.165) is 11.1 Å². The Morgan fingerprint density at radius 2 is 1.91 bits per heavy atom. The summed E-state index contributed by atoms with van der Waals surface area (Å²) in [6, 6.07) is 8.30. The Morgan fingerprint density at radius 3 is 2.61 bits per heavy atom. The van der Waals surface area contributed by atoms with E-state index in [9.17, 15) is 14.0 Å². The third kappa shape index (κ3) is 5.72. The molecule has 170 valence electrons. The van der Waals surface area contributed by atoms with Crippen LogP contribution in [0.3, 0.4) is 0 Å². The van der Waals surface area contributed by atoms with Gasteiger partial charge in [0.05, 0.1) is 11.8 Å². The second-order valence-electron chi connectivity index (χ2n) is 7.37. The van der Waals surface area contributed by atoms with E-state index in [0.29, 0.717) is 22.8 Å². The summed E-state index contributed by atoms with van der Waals surface area (Å²) in [5.74, 6) is -0.779. The van der Waals surface area contributed by atoms with Gasteiger partial charge in [-0.2, -0.15) is 4.98 Å². The van der Waals surface area contributed by atoms with E-state index < -0.39 is 11.7 Å². The number of aromatic nitrogens is 2. The number of amides is 1. The molecule has 0 bridgehead atoms. The Balaban J connectivity index is 1.93. The predicted molar refractivity (Wildman–Crippen MR) is 128 cm³/mol. The minimum atomic E-state index is -0.627. The molecule has 0 saturated carbocycles. The van der Waals surface area contributed by atoms with Crippen LogP contribution < -0.4 is 16.0 Å². The highest BCUT2D eigenvalue weighted by molar-refractivity contribution is 6.33. The molecule has 9 heteroatoms. The number of nitrogens with one attached hydrogen (secondary N) is 3. The molecule has 7 nitrogen and oxygen atoms in total. The van der Waals surface area contributed by atoms with E-state index in [1.165, 1.54) is 31.5 Å². The smallest absolute Gasteiger partial charge is 0.254 e. The highest BCUT2D eigenvalue weighted by Gasteiger charge is 2.15. The molecule has 2 aromatic carbocycles. The van der Waals surface area contributed by atoms with Gasteiger partial charge in [-0.15, -0.1) is 0 Å².